The first kappa shape index (κ1) is 21.7. The van der Waals surface area contributed by atoms with Crippen molar-refractivity contribution in [1.29, 1.82) is 0 Å². The van der Waals surface area contributed by atoms with E-state index in [9.17, 15) is 19.5 Å². The lowest BCUT2D eigenvalue weighted by Crippen LogP contribution is -2.28. The molecule has 10 heteroatoms. The molecular weight excluding hydrogens is 448 g/mol. The van der Waals surface area contributed by atoms with Crippen LogP contribution in [0.3, 0.4) is 0 Å². The van der Waals surface area contributed by atoms with E-state index in [-0.39, 0.29) is 22.9 Å². The Hall–Kier alpha value is -3.50. The van der Waals surface area contributed by atoms with Crippen LogP contribution in [0.25, 0.3) is 16.6 Å². The highest BCUT2D eigenvalue weighted by atomic mass is 32.2. The molecule has 0 spiro atoms. The Labute approximate surface area is 190 Å². The number of aromatic nitrogens is 3. The van der Waals surface area contributed by atoms with E-state index in [1.54, 1.807) is 48.5 Å². The van der Waals surface area contributed by atoms with E-state index < -0.39 is 22.3 Å². The van der Waals surface area contributed by atoms with E-state index in [2.05, 4.69) is 10.2 Å². The Morgan fingerprint density at radius 3 is 2.47 bits per heavy atom. The lowest BCUT2D eigenvalue weighted by molar-refractivity contribution is -0.116. The largest absolute Gasteiger partial charge is 0.506 e. The number of benzene rings is 2. The number of ketones is 2. The summed E-state index contributed by atoms with van der Waals surface area (Å²) in [6, 6.07) is 15.7. The van der Waals surface area contributed by atoms with Crippen LogP contribution >= 0.6 is 23.1 Å². The van der Waals surface area contributed by atoms with E-state index >= 15 is 0 Å². The minimum atomic E-state index is -0.801. The molecule has 2 aromatic carbocycles. The van der Waals surface area contributed by atoms with Crippen molar-refractivity contribution < 1.29 is 14.7 Å². The molecule has 0 aliphatic rings. The molecule has 1 unspecified atom stereocenters. The average molecular weight is 467 g/mol. The second-order valence-electron chi connectivity index (χ2n) is 6.97. The number of nitrogen functional groups attached to an aromatic ring is 1. The third-order valence-corrected chi connectivity index (χ3v) is 6.99. The van der Waals surface area contributed by atoms with Crippen molar-refractivity contribution in [3.63, 3.8) is 0 Å². The van der Waals surface area contributed by atoms with Gasteiger partial charge in [0.1, 0.15) is 17.1 Å². The predicted molar refractivity (Wildman–Crippen MR) is 125 cm³/mol. The first-order chi connectivity index (χ1) is 15.4. The lowest BCUT2D eigenvalue weighted by atomic mass is 10.0. The van der Waals surface area contributed by atoms with Crippen LogP contribution in [-0.4, -0.2) is 36.7 Å². The van der Waals surface area contributed by atoms with Crippen molar-refractivity contribution in [3.8, 4) is 11.4 Å². The van der Waals surface area contributed by atoms with Crippen LogP contribution in [-0.2, 0) is 4.79 Å². The number of carbonyl (C=O) groups excluding carboxylic acids is 2. The van der Waals surface area contributed by atoms with Gasteiger partial charge in [-0.3, -0.25) is 19.0 Å². The normalized spacial score (nSPS) is 12.0. The number of rotatable bonds is 7. The summed E-state index contributed by atoms with van der Waals surface area (Å²) in [4.78, 5) is 38.8. The Kier molecular flexibility index (Phi) is 6.06. The van der Waals surface area contributed by atoms with Gasteiger partial charge in [0.25, 0.3) is 5.56 Å². The maximum Gasteiger partial charge on any atom is 0.270 e. The number of aromatic hydroxyl groups is 1. The second-order valence-corrected chi connectivity index (χ2v) is 9.43. The number of nitrogens with zero attached hydrogens (tertiary/aromatic N) is 3. The van der Waals surface area contributed by atoms with Crippen LogP contribution in [0.5, 0.6) is 5.75 Å². The minimum Gasteiger partial charge on any atom is -0.506 e. The zero-order valence-corrected chi connectivity index (χ0v) is 18.5. The lowest BCUT2D eigenvalue weighted by Gasteiger charge is -2.16. The summed E-state index contributed by atoms with van der Waals surface area (Å²) in [5, 5.41) is 18.3. The number of fused-ring (bicyclic) bond motifs is 1. The van der Waals surface area contributed by atoms with Crippen molar-refractivity contribution in [3.05, 3.63) is 70.5 Å². The van der Waals surface area contributed by atoms with Gasteiger partial charge in [-0.2, -0.15) is 0 Å². The smallest absolute Gasteiger partial charge is 0.270 e. The van der Waals surface area contributed by atoms with Gasteiger partial charge in [0.2, 0.25) is 5.13 Å². The number of hydrogen-bond donors (Lipinski definition) is 2. The molecule has 8 nitrogen and oxygen atoms in total. The molecule has 0 saturated carbocycles. The van der Waals surface area contributed by atoms with Crippen LogP contribution in [0.2, 0.25) is 0 Å². The summed E-state index contributed by atoms with van der Waals surface area (Å²) >= 11 is 2.16. The Morgan fingerprint density at radius 2 is 1.81 bits per heavy atom. The molecule has 2 aromatic heterocycles. The van der Waals surface area contributed by atoms with Crippen molar-refractivity contribution in [1.82, 2.24) is 14.8 Å². The third-order valence-electron chi connectivity index (χ3n) is 4.84. The van der Waals surface area contributed by atoms with Gasteiger partial charge in [-0.15, -0.1) is 10.2 Å². The quantitative estimate of drug-likeness (QED) is 0.313. The van der Waals surface area contributed by atoms with Gasteiger partial charge in [-0.05, 0) is 31.2 Å². The summed E-state index contributed by atoms with van der Waals surface area (Å²) in [6.07, 6.45) is -0.282. The molecule has 0 radical (unpaired) electrons. The molecule has 0 saturated heterocycles. The van der Waals surface area contributed by atoms with Gasteiger partial charge in [0, 0.05) is 17.5 Å². The Morgan fingerprint density at radius 1 is 1.12 bits per heavy atom. The monoisotopic (exact) mass is 466 g/mol. The number of carbonyl (C=O) groups is 2. The molecule has 0 aliphatic heterocycles. The molecule has 0 fully saturated rings. The average Bonchev–Trinajstić information content (AvgIpc) is 3.19. The SMILES string of the molecule is CC(=O)C(CC(=O)c1c(O)c2ccccc2n(-c2ccccc2)c1=O)Sc1nnc(N)s1. The summed E-state index contributed by atoms with van der Waals surface area (Å²) < 4.78 is 1.84. The third kappa shape index (κ3) is 4.14. The highest BCUT2D eigenvalue weighted by molar-refractivity contribution is 8.02. The fourth-order valence-corrected chi connectivity index (χ4v) is 5.21. The number of para-hydroxylation sites is 2. The number of anilines is 1. The summed E-state index contributed by atoms with van der Waals surface area (Å²) in [6.45, 7) is 1.36. The van der Waals surface area contributed by atoms with Gasteiger partial charge in [0.15, 0.2) is 10.1 Å². The highest BCUT2D eigenvalue weighted by Gasteiger charge is 2.28. The molecule has 1 atom stereocenters. The zero-order valence-electron chi connectivity index (χ0n) is 16.9. The van der Waals surface area contributed by atoms with Crippen LogP contribution in [0.4, 0.5) is 5.13 Å². The first-order valence-corrected chi connectivity index (χ1v) is 11.3. The fraction of sp³-hybridized carbons (Fsp3) is 0.136. The molecular formula is C22H18N4O4S2. The van der Waals surface area contributed by atoms with Crippen LogP contribution < -0.4 is 11.3 Å². The van der Waals surface area contributed by atoms with Gasteiger partial charge >= 0.3 is 0 Å². The first-order valence-electron chi connectivity index (χ1n) is 9.58. The summed E-state index contributed by atoms with van der Waals surface area (Å²) in [5.41, 5.74) is 5.62. The van der Waals surface area contributed by atoms with Gasteiger partial charge < -0.3 is 10.8 Å². The predicted octanol–water partition coefficient (Wildman–Crippen LogP) is 3.45. The maximum absolute atomic E-state index is 13.4. The number of pyridine rings is 1. The number of hydrogen-bond acceptors (Lipinski definition) is 9. The maximum atomic E-state index is 13.4. The van der Waals surface area contributed by atoms with E-state index in [0.29, 0.717) is 20.9 Å². The molecule has 4 rings (SSSR count). The second kappa shape index (κ2) is 8.93. The summed E-state index contributed by atoms with van der Waals surface area (Å²) in [5.74, 6) is -1.29. The van der Waals surface area contributed by atoms with Crippen molar-refractivity contribution in [2.45, 2.75) is 22.9 Å². The molecule has 3 N–H and O–H groups in total. The van der Waals surface area contributed by atoms with E-state index in [1.165, 1.54) is 11.5 Å². The van der Waals surface area contributed by atoms with Gasteiger partial charge in [0.05, 0.1) is 10.8 Å². The summed E-state index contributed by atoms with van der Waals surface area (Å²) in [7, 11) is 0. The number of thioether (sulfide) groups is 1. The highest BCUT2D eigenvalue weighted by Crippen LogP contribution is 2.33. The molecule has 162 valence electrons. The number of Topliss-reactive ketones (excluding diaryl/α,β-unsaturated/α-hetero) is 2. The van der Waals surface area contributed by atoms with Crippen LogP contribution in [0.1, 0.15) is 23.7 Å². The number of nitrogens with two attached hydrogens (primary N) is 1. The van der Waals surface area contributed by atoms with Gasteiger partial charge in [-0.1, -0.05) is 53.4 Å². The molecule has 4 aromatic rings. The van der Waals surface area contributed by atoms with Crippen molar-refractivity contribution >= 4 is 50.7 Å². The van der Waals surface area contributed by atoms with Crippen molar-refractivity contribution in [2.24, 2.45) is 0 Å². The fourth-order valence-electron chi connectivity index (χ4n) is 3.34. The molecule has 32 heavy (non-hydrogen) atoms. The standard InChI is InChI=1S/C22H18N4O4S2/c1-12(27)17(31-22-25-24-21(23)32-22)11-16(28)18-19(29)14-9-5-6-10-15(14)26(20(18)30)13-7-3-2-4-8-13/h2-10,17,29H,11H2,1H3,(H2,23,24). The molecule has 0 bridgehead atoms. The topological polar surface area (TPSA) is 128 Å². The van der Waals surface area contributed by atoms with Gasteiger partial charge in [-0.25, -0.2) is 0 Å². The molecule has 0 amide bonds. The molecule has 2 heterocycles. The van der Waals surface area contributed by atoms with E-state index in [1.807, 2.05) is 6.07 Å². The Bertz CT molecular complexity index is 1380. The molecule has 0 aliphatic carbocycles. The zero-order chi connectivity index (χ0) is 22.8. The van der Waals surface area contributed by atoms with Crippen LogP contribution in [0, 0.1) is 0 Å². The van der Waals surface area contributed by atoms with Crippen LogP contribution in [0.15, 0.2) is 63.7 Å². The van der Waals surface area contributed by atoms with E-state index in [4.69, 9.17) is 5.73 Å². The Balaban J connectivity index is 1.80. The minimum absolute atomic E-state index is 0.249. The van der Waals surface area contributed by atoms with E-state index in [0.717, 1.165) is 23.1 Å². The van der Waals surface area contributed by atoms with Crippen molar-refractivity contribution in [2.75, 3.05) is 5.73 Å².